The smallest absolute Gasteiger partial charge is 0.362 e. The fraction of sp³-hybridized carbons (Fsp3) is 0.353. The number of carbonyl (C=O) groups excluding carboxylic acids is 1. The molecule has 1 aliphatic carbocycles. The average molecular weight is 298 g/mol. The van der Waals surface area contributed by atoms with Crippen molar-refractivity contribution in [2.45, 2.75) is 32.7 Å². The Bertz CT molecular complexity index is 758. The number of hydrogen-bond donors (Lipinski definition) is 0. The number of benzene rings is 1. The van der Waals surface area contributed by atoms with Gasteiger partial charge in [0.2, 0.25) is 11.1 Å². The molecule has 0 amide bonds. The van der Waals surface area contributed by atoms with Gasteiger partial charge in [-0.15, -0.1) is 0 Å². The SMILES string of the molecule is CCOC(=O)c1nn(C2CC2)cc(-c2ccc(C)cc2)c1=O. The van der Waals surface area contributed by atoms with Crippen LogP contribution < -0.4 is 5.43 Å². The second kappa shape index (κ2) is 5.75. The monoisotopic (exact) mass is 298 g/mol. The van der Waals surface area contributed by atoms with Gasteiger partial charge in [-0.3, -0.25) is 9.48 Å². The molecule has 1 aromatic heterocycles. The highest BCUT2D eigenvalue weighted by molar-refractivity contribution is 5.88. The normalized spacial score (nSPS) is 13.9. The van der Waals surface area contributed by atoms with Crippen LogP contribution in [0, 0.1) is 6.92 Å². The van der Waals surface area contributed by atoms with Crippen molar-refractivity contribution in [3.05, 3.63) is 51.9 Å². The van der Waals surface area contributed by atoms with Crippen molar-refractivity contribution < 1.29 is 9.53 Å². The lowest BCUT2D eigenvalue weighted by atomic mass is 10.1. The van der Waals surface area contributed by atoms with Crippen LogP contribution in [-0.2, 0) is 4.74 Å². The molecule has 0 N–H and O–H groups in total. The van der Waals surface area contributed by atoms with Gasteiger partial charge in [0.25, 0.3) is 0 Å². The maximum Gasteiger partial charge on any atom is 0.362 e. The van der Waals surface area contributed by atoms with E-state index in [4.69, 9.17) is 4.74 Å². The molecule has 22 heavy (non-hydrogen) atoms. The van der Waals surface area contributed by atoms with Gasteiger partial charge in [0.1, 0.15) is 0 Å². The molecule has 1 heterocycles. The summed E-state index contributed by atoms with van der Waals surface area (Å²) >= 11 is 0. The molecule has 3 rings (SSSR count). The number of esters is 1. The van der Waals surface area contributed by atoms with Crippen molar-refractivity contribution in [2.75, 3.05) is 6.61 Å². The first-order chi connectivity index (χ1) is 10.6. The Balaban J connectivity index is 2.14. The van der Waals surface area contributed by atoms with Crippen molar-refractivity contribution in [2.24, 2.45) is 0 Å². The highest BCUT2D eigenvalue weighted by atomic mass is 16.5. The third-order valence-electron chi connectivity index (χ3n) is 3.69. The number of hydrogen-bond acceptors (Lipinski definition) is 4. The van der Waals surface area contributed by atoms with E-state index in [0.717, 1.165) is 24.0 Å². The molecule has 0 atom stereocenters. The van der Waals surface area contributed by atoms with Gasteiger partial charge >= 0.3 is 5.97 Å². The van der Waals surface area contributed by atoms with Gasteiger partial charge in [-0.1, -0.05) is 29.8 Å². The summed E-state index contributed by atoms with van der Waals surface area (Å²) in [7, 11) is 0. The molecule has 114 valence electrons. The highest BCUT2D eigenvalue weighted by Crippen LogP contribution is 2.34. The Morgan fingerprint density at radius 2 is 2.00 bits per heavy atom. The lowest BCUT2D eigenvalue weighted by Gasteiger charge is -2.10. The van der Waals surface area contributed by atoms with E-state index < -0.39 is 5.97 Å². The minimum Gasteiger partial charge on any atom is -0.461 e. The molecule has 5 heteroatoms. The van der Waals surface area contributed by atoms with Gasteiger partial charge in [0, 0.05) is 11.8 Å². The molecule has 1 aromatic carbocycles. The van der Waals surface area contributed by atoms with E-state index in [0.29, 0.717) is 5.56 Å². The van der Waals surface area contributed by atoms with Crippen LogP contribution in [0.15, 0.2) is 35.3 Å². The number of ether oxygens (including phenoxy) is 1. The van der Waals surface area contributed by atoms with E-state index in [2.05, 4.69) is 5.10 Å². The van der Waals surface area contributed by atoms with E-state index >= 15 is 0 Å². The first kappa shape index (κ1) is 14.5. The van der Waals surface area contributed by atoms with E-state index in [9.17, 15) is 9.59 Å². The number of aromatic nitrogens is 2. The third kappa shape index (κ3) is 2.79. The first-order valence-corrected chi connectivity index (χ1v) is 7.47. The van der Waals surface area contributed by atoms with E-state index in [1.165, 1.54) is 0 Å². The van der Waals surface area contributed by atoms with Gasteiger partial charge in [-0.05, 0) is 32.3 Å². The van der Waals surface area contributed by atoms with Gasteiger partial charge in [-0.2, -0.15) is 5.10 Å². The van der Waals surface area contributed by atoms with Crippen LogP contribution in [0.2, 0.25) is 0 Å². The number of aryl methyl sites for hydroxylation is 1. The van der Waals surface area contributed by atoms with Crippen LogP contribution in [-0.4, -0.2) is 22.4 Å². The Morgan fingerprint density at radius 3 is 2.59 bits per heavy atom. The fourth-order valence-electron chi connectivity index (χ4n) is 2.31. The van der Waals surface area contributed by atoms with Crippen molar-refractivity contribution in [1.82, 2.24) is 9.78 Å². The van der Waals surface area contributed by atoms with Crippen molar-refractivity contribution in [3.63, 3.8) is 0 Å². The maximum absolute atomic E-state index is 12.6. The summed E-state index contributed by atoms with van der Waals surface area (Å²) < 4.78 is 6.68. The molecule has 0 bridgehead atoms. The Morgan fingerprint density at radius 1 is 1.32 bits per heavy atom. The molecule has 1 fully saturated rings. The topological polar surface area (TPSA) is 61.2 Å². The van der Waals surface area contributed by atoms with Gasteiger partial charge in [-0.25, -0.2) is 4.79 Å². The number of rotatable bonds is 4. The number of carbonyl (C=O) groups is 1. The van der Waals surface area contributed by atoms with E-state index in [1.807, 2.05) is 31.2 Å². The van der Waals surface area contributed by atoms with Crippen LogP contribution in [0.1, 0.15) is 41.9 Å². The molecule has 0 unspecified atom stereocenters. The second-order valence-corrected chi connectivity index (χ2v) is 5.52. The molecular formula is C17H18N2O3. The van der Waals surface area contributed by atoms with Crippen LogP contribution in [0.4, 0.5) is 0 Å². The van der Waals surface area contributed by atoms with Crippen LogP contribution in [0.5, 0.6) is 0 Å². The zero-order valence-electron chi connectivity index (χ0n) is 12.7. The van der Waals surface area contributed by atoms with Crippen molar-refractivity contribution in [3.8, 4) is 11.1 Å². The maximum atomic E-state index is 12.6. The Hall–Kier alpha value is -2.43. The minimum atomic E-state index is -0.657. The molecular weight excluding hydrogens is 280 g/mol. The Kier molecular flexibility index (Phi) is 3.79. The fourth-order valence-corrected chi connectivity index (χ4v) is 2.31. The van der Waals surface area contributed by atoms with E-state index in [-0.39, 0.29) is 23.8 Å². The molecule has 0 saturated heterocycles. The zero-order chi connectivity index (χ0) is 15.7. The summed E-state index contributed by atoms with van der Waals surface area (Å²) in [6.45, 7) is 3.92. The molecule has 5 nitrogen and oxygen atoms in total. The molecule has 0 spiro atoms. The summed E-state index contributed by atoms with van der Waals surface area (Å²) in [5, 5.41) is 4.19. The zero-order valence-corrected chi connectivity index (χ0v) is 12.7. The van der Waals surface area contributed by atoms with Gasteiger partial charge < -0.3 is 4.74 Å². The lowest BCUT2D eigenvalue weighted by molar-refractivity contribution is 0.0515. The van der Waals surface area contributed by atoms with E-state index in [1.54, 1.807) is 17.8 Å². The molecule has 0 radical (unpaired) electrons. The molecule has 2 aromatic rings. The quantitative estimate of drug-likeness (QED) is 0.814. The Labute approximate surface area is 128 Å². The van der Waals surface area contributed by atoms with Crippen LogP contribution >= 0.6 is 0 Å². The predicted molar refractivity (Wildman–Crippen MR) is 82.9 cm³/mol. The van der Waals surface area contributed by atoms with Gasteiger partial charge in [0.15, 0.2) is 0 Å². The first-order valence-electron chi connectivity index (χ1n) is 7.47. The largest absolute Gasteiger partial charge is 0.461 e. The predicted octanol–water partition coefficient (Wildman–Crippen LogP) is 2.73. The second-order valence-electron chi connectivity index (χ2n) is 5.52. The summed E-state index contributed by atoms with van der Waals surface area (Å²) in [6.07, 6.45) is 3.78. The average Bonchev–Trinajstić information content (AvgIpc) is 3.33. The highest BCUT2D eigenvalue weighted by Gasteiger charge is 2.27. The van der Waals surface area contributed by atoms with Crippen molar-refractivity contribution >= 4 is 5.97 Å². The molecule has 1 aliphatic rings. The summed E-state index contributed by atoms with van der Waals surface area (Å²) in [4.78, 5) is 24.6. The lowest BCUT2D eigenvalue weighted by Crippen LogP contribution is -2.25. The minimum absolute atomic E-state index is 0.133. The summed E-state index contributed by atoms with van der Waals surface area (Å²) in [5.74, 6) is -0.657. The van der Waals surface area contributed by atoms with Gasteiger partial charge in [0.05, 0.1) is 12.6 Å². The number of nitrogens with zero attached hydrogens (tertiary/aromatic N) is 2. The molecule has 1 saturated carbocycles. The van der Waals surface area contributed by atoms with Crippen LogP contribution in [0.3, 0.4) is 0 Å². The van der Waals surface area contributed by atoms with Crippen LogP contribution in [0.25, 0.3) is 11.1 Å². The standard InChI is InChI=1S/C17H18N2O3/c1-3-22-17(21)15-16(20)14(10-19(18-15)13-8-9-13)12-6-4-11(2)5-7-12/h4-7,10,13H,3,8-9H2,1-2H3. The van der Waals surface area contributed by atoms with Crippen molar-refractivity contribution in [1.29, 1.82) is 0 Å². The summed E-state index contributed by atoms with van der Waals surface area (Å²) in [5.41, 5.74) is 1.89. The summed E-state index contributed by atoms with van der Waals surface area (Å²) in [6, 6.07) is 7.94. The molecule has 0 aliphatic heterocycles. The third-order valence-corrected chi connectivity index (χ3v) is 3.69.